The first-order valence-corrected chi connectivity index (χ1v) is 6.34. The molecule has 0 spiro atoms. The highest BCUT2D eigenvalue weighted by Crippen LogP contribution is 2.37. The maximum absolute atomic E-state index is 11.5. The van der Waals surface area contributed by atoms with Crippen molar-refractivity contribution in [3.63, 3.8) is 0 Å². The number of pyridine rings is 1. The van der Waals surface area contributed by atoms with E-state index in [-0.39, 0.29) is 0 Å². The molecule has 6 heteroatoms. The van der Waals surface area contributed by atoms with E-state index >= 15 is 0 Å². The van der Waals surface area contributed by atoms with Crippen molar-refractivity contribution >= 4 is 40.8 Å². The Kier molecular flexibility index (Phi) is 4.30. The number of ether oxygens (including phenoxy) is 1. The van der Waals surface area contributed by atoms with Crippen LogP contribution in [0.25, 0.3) is 11.1 Å². The molecular formula is C13H8Cl3NO2. The van der Waals surface area contributed by atoms with Crippen molar-refractivity contribution in [2.75, 3.05) is 7.11 Å². The quantitative estimate of drug-likeness (QED) is 0.766. The zero-order chi connectivity index (χ0) is 14.0. The van der Waals surface area contributed by atoms with Crippen LogP contribution < -0.4 is 0 Å². The Morgan fingerprint density at radius 2 is 1.74 bits per heavy atom. The van der Waals surface area contributed by atoms with Gasteiger partial charge < -0.3 is 4.74 Å². The maximum Gasteiger partial charge on any atom is 0.339 e. The van der Waals surface area contributed by atoms with E-state index in [1.807, 2.05) is 0 Å². The molecule has 0 unspecified atom stereocenters. The van der Waals surface area contributed by atoms with Gasteiger partial charge in [0.25, 0.3) is 0 Å². The van der Waals surface area contributed by atoms with Crippen LogP contribution in [-0.4, -0.2) is 18.1 Å². The first kappa shape index (κ1) is 14.1. The highest BCUT2D eigenvalue weighted by Gasteiger charge is 2.13. The smallest absolute Gasteiger partial charge is 0.339 e. The third kappa shape index (κ3) is 3.00. The van der Waals surface area contributed by atoms with Crippen LogP contribution in [0, 0.1) is 0 Å². The summed E-state index contributed by atoms with van der Waals surface area (Å²) in [6.07, 6.45) is 2.97. The van der Waals surface area contributed by atoms with Gasteiger partial charge in [-0.15, -0.1) is 0 Å². The lowest BCUT2D eigenvalue weighted by Gasteiger charge is -2.08. The Morgan fingerprint density at radius 1 is 1.11 bits per heavy atom. The predicted molar refractivity (Wildman–Crippen MR) is 76.0 cm³/mol. The number of nitrogens with zero attached hydrogens (tertiary/aromatic N) is 1. The zero-order valence-corrected chi connectivity index (χ0v) is 12.1. The molecule has 19 heavy (non-hydrogen) atoms. The normalized spacial score (nSPS) is 10.3. The molecule has 0 aliphatic carbocycles. The van der Waals surface area contributed by atoms with Gasteiger partial charge >= 0.3 is 5.97 Å². The summed E-state index contributed by atoms with van der Waals surface area (Å²) in [4.78, 5) is 15.5. The molecule has 0 saturated carbocycles. The minimum absolute atomic E-state index is 0.321. The lowest BCUT2D eigenvalue weighted by atomic mass is 10.1. The molecule has 0 aliphatic rings. The van der Waals surface area contributed by atoms with Crippen molar-refractivity contribution in [3.8, 4) is 11.1 Å². The molecule has 0 saturated heterocycles. The van der Waals surface area contributed by atoms with Gasteiger partial charge in [-0.25, -0.2) is 4.79 Å². The van der Waals surface area contributed by atoms with Crippen LogP contribution in [0.15, 0.2) is 30.6 Å². The van der Waals surface area contributed by atoms with Crippen LogP contribution in [0.2, 0.25) is 15.1 Å². The van der Waals surface area contributed by atoms with Crippen molar-refractivity contribution in [2.24, 2.45) is 0 Å². The van der Waals surface area contributed by atoms with E-state index < -0.39 is 5.97 Å². The standard InChI is InChI=1S/C13H8Cl3NO2/c1-19-13(18)8-2-7(5-17-6-8)12-10(15)3-9(14)4-11(12)16/h2-6H,1H3. The monoisotopic (exact) mass is 315 g/mol. The van der Waals surface area contributed by atoms with Gasteiger partial charge in [0.1, 0.15) is 0 Å². The van der Waals surface area contributed by atoms with Crippen LogP contribution in [0.1, 0.15) is 10.4 Å². The first-order chi connectivity index (χ1) is 9.02. The second kappa shape index (κ2) is 5.78. The van der Waals surface area contributed by atoms with Gasteiger partial charge in [0.2, 0.25) is 0 Å². The summed E-state index contributed by atoms with van der Waals surface area (Å²) >= 11 is 18.1. The van der Waals surface area contributed by atoms with Crippen LogP contribution in [0.5, 0.6) is 0 Å². The fourth-order valence-corrected chi connectivity index (χ4v) is 2.66. The fraction of sp³-hybridized carbons (Fsp3) is 0.0769. The lowest BCUT2D eigenvalue weighted by molar-refractivity contribution is 0.0600. The molecule has 98 valence electrons. The molecule has 0 amide bonds. The van der Waals surface area contributed by atoms with Gasteiger partial charge in [-0.2, -0.15) is 0 Å². The van der Waals surface area contributed by atoms with E-state index in [0.29, 0.717) is 31.8 Å². The number of rotatable bonds is 2. The van der Waals surface area contributed by atoms with E-state index in [0.717, 1.165) is 0 Å². The van der Waals surface area contributed by atoms with Crippen molar-refractivity contribution in [2.45, 2.75) is 0 Å². The van der Waals surface area contributed by atoms with Gasteiger partial charge in [0.05, 0.1) is 22.7 Å². The number of esters is 1. The number of benzene rings is 1. The fourth-order valence-electron chi connectivity index (χ4n) is 1.62. The van der Waals surface area contributed by atoms with Gasteiger partial charge in [-0.3, -0.25) is 4.98 Å². The molecule has 0 radical (unpaired) electrons. The predicted octanol–water partition coefficient (Wildman–Crippen LogP) is 4.50. The molecule has 0 atom stereocenters. The summed E-state index contributed by atoms with van der Waals surface area (Å²) in [7, 11) is 1.30. The Balaban J connectivity index is 2.57. The van der Waals surface area contributed by atoms with Crippen molar-refractivity contribution in [3.05, 3.63) is 51.2 Å². The average Bonchev–Trinajstić information content (AvgIpc) is 2.37. The summed E-state index contributed by atoms with van der Waals surface area (Å²) in [6.45, 7) is 0. The van der Waals surface area contributed by atoms with Crippen LogP contribution in [-0.2, 0) is 4.74 Å². The maximum atomic E-state index is 11.5. The van der Waals surface area contributed by atoms with Crippen molar-refractivity contribution in [1.82, 2.24) is 4.98 Å². The van der Waals surface area contributed by atoms with E-state index in [9.17, 15) is 4.79 Å². The summed E-state index contributed by atoms with van der Waals surface area (Å²) in [5.41, 5.74) is 1.52. The molecule has 3 nitrogen and oxygen atoms in total. The number of aromatic nitrogens is 1. The second-order valence-corrected chi connectivity index (χ2v) is 4.95. The third-order valence-electron chi connectivity index (χ3n) is 2.45. The van der Waals surface area contributed by atoms with E-state index in [4.69, 9.17) is 34.8 Å². The summed E-state index contributed by atoms with van der Waals surface area (Å²) in [6, 6.07) is 4.77. The lowest BCUT2D eigenvalue weighted by Crippen LogP contribution is -2.02. The molecule has 2 aromatic rings. The van der Waals surface area contributed by atoms with Gasteiger partial charge in [0, 0.05) is 28.5 Å². The molecule has 1 aromatic carbocycles. The number of methoxy groups -OCH3 is 1. The van der Waals surface area contributed by atoms with Crippen LogP contribution in [0.4, 0.5) is 0 Å². The zero-order valence-electron chi connectivity index (χ0n) is 9.78. The Morgan fingerprint density at radius 3 is 2.32 bits per heavy atom. The second-order valence-electron chi connectivity index (χ2n) is 3.70. The van der Waals surface area contributed by atoms with E-state index in [2.05, 4.69) is 9.72 Å². The number of hydrogen-bond acceptors (Lipinski definition) is 3. The molecule has 0 aliphatic heterocycles. The number of halogens is 3. The van der Waals surface area contributed by atoms with E-state index in [1.165, 1.54) is 13.3 Å². The highest BCUT2D eigenvalue weighted by atomic mass is 35.5. The van der Waals surface area contributed by atoms with Gasteiger partial charge in [-0.05, 0) is 18.2 Å². The number of carbonyl (C=O) groups is 1. The highest BCUT2D eigenvalue weighted by molar-refractivity contribution is 6.41. The largest absolute Gasteiger partial charge is 0.465 e. The number of hydrogen-bond donors (Lipinski definition) is 0. The Bertz CT molecular complexity index is 621. The van der Waals surface area contributed by atoms with E-state index in [1.54, 1.807) is 24.4 Å². The molecule has 0 bridgehead atoms. The molecule has 2 rings (SSSR count). The van der Waals surface area contributed by atoms with Crippen molar-refractivity contribution < 1.29 is 9.53 Å². The van der Waals surface area contributed by atoms with Gasteiger partial charge in [-0.1, -0.05) is 34.8 Å². The molecule has 1 heterocycles. The topological polar surface area (TPSA) is 39.2 Å². The van der Waals surface area contributed by atoms with Crippen LogP contribution in [0.3, 0.4) is 0 Å². The summed E-state index contributed by atoms with van der Waals surface area (Å²) in [5.74, 6) is -0.476. The van der Waals surface area contributed by atoms with Gasteiger partial charge in [0.15, 0.2) is 0 Å². The minimum Gasteiger partial charge on any atom is -0.465 e. The summed E-state index contributed by atoms with van der Waals surface area (Å²) in [5, 5.41) is 1.22. The SMILES string of the molecule is COC(=O)c1cncc(-c2c(Cl)cc(Cl)cc2Cl)c1. The molecule has 1 aromatic heterocycles. The first-order valence-electron chi connectivity index (χ1n) is 5.21. The molecule has 0 N–H and O–H groups in total. The Labute approximate surface area is 125 Å². The van der Waals surface area contributed by atoms with Crippen molar-refractivity contribution in [1.29, 1.82) is 0 Å². The minimum atomic E-state index is -0.476. The third-order valence-corrected chi connectivity index (χ3v) is 3.27. The number of carbonyl (C=O) groups excluding carboxylic acids is 1. The summed E-state index contributed by atoms with van der Waals surface area (Å²) < 4.78 is 4.64. The Hall–Kier alpha value is -1.29. The molecule has 0 fully saturated rings. The average molecular weight is 317 g/mol. The van der Waals surface area contributed by atoms with Crippen LogP contribution >= 0.6 is 34.8 Å². The molecular weight excluding hydrogens is 309 g/mol.